The summed E-state index contributed by atoms with van der Waals surface area (Å²) in [7, 11) is 0. The van der Waals surface area contributed by atoms with E-state index in [2.05, 4.69) is 91.2 Å². The number of benzene rings is 4. The van der Waals surface area contributed by atoms with Gasteiger partial charge in [0, 0.05) is 33.8 Å². The highest BCUT2D eigenvalue weighted by Gasteiger charge is 2.36. The number of carbonyl (C=O) groups is 1. The quantitative estimate of drug-likeness (QED) is 0.225. The summed E-state index contributed by atoms with van der Waals surface area (Å²) in [5.74, 6) is 0.823. The number of nitrogens with zero attached hydrogens (tertiary/aromatic N) is 2. The van der Waals surface area contributed by atoms with E-state index in [-0.39, 0.29) is 17.3 Å². The normalized spacial score (nSPS) is 19.2. The molecule has 210 valence electrons. The standard InChI is InChI=1S/C39H32N2O2/c1-39(2)32-11-5-3-8-26(32)30-21-31-27-10-7-19-40-38(27)41(34(31)22-33(30)39)25-16-13-23(14-17-25)24-15-18-29-36(20-24)43-35-12-6-4-9-28(35)37(29)42/h3,5,8-11,13-18,20-22,35H,4,6-7,12,19H2,1-2H3. The molecule has 0 fully saturated rings. The first-order chi connectivity index (χ1) is 21.0. The van der Waals surface area contributed by atoms with Gasteiger partial charge in [0.1, 0.15) is 17.3 Å². The molecule has 0 amide bonds. The average Bonchev–Trinajstić information content (AvgIpc) is 3.48. The predicted octanol–water partition coefficient (Wildman–Crippen LogP) is 7.46. The maximum Gasteiger partial charge on any atom is 0.196 e. The number of carbonyl (C=O) groups excluding carboxylic acids is 1. The van der Waals surface area contributed by atoms with Gasteiger partial charge in [-0.1, -0.05) is 68.5 Å². The fourth-order valence-corrected chi connectivity index (χ4v) is 7.80. The third-order valence-corrected chi connectivity index (χ3v) is 10.0. The molecule has 4 aromatic carbocycles. The van der Waals surface area contributed by atoms with Crippen molar-refractivity contribution >= 4 is 22.8 Å². The Hall–Kier alpha value is -4.70. The van der Waals surface area contributed by atoms with Crippen molar-refractivity contribution in [1.82, 2.24) is 4.57 Å². The predicted molar refractivity (Wildman–Crippen MR) is 172 cm³/mol. The van der Waals surface area contributed by atoms with Crippen LogP contribution in [-0.4, -0.2) is 23.0 Å². The van der Waals surface area contributed by atoms with Gasteiger partial charge in [-0.2, -0.15) is 0 Å². The molecular formula is C39H32N2O2. The lowest BCUT2D eigenvalue weighted by Gasteiger charge is -2.30. The van der Waals surface area contributed by atoms with Crippen LogP contribution in [0, 0.1) is 0 Å². The molecule has 1 unspecified atom stereocenters. The smallest absolute Gasteiger partial charge is 0.196 e. The van der Waals surface area contributed by atoms with E-state index >= 15 is 0 Å². The van der Waals surface area contributed by atoms with Gasteiger partial charge in [0.2, 0.25) is 0 Å². The van der Waals surface area contributed by atoms with Gasteiger partial charge in [-0.25, -0.2) is 0 Å². The first kappa shape index (κ1) is 24.9. The second-order valence-corrected chi connectivity index (χ2v) is 12.8. The van der Waals surface area contributed by atoms with E-state index in [1.807, 2.05) is 18.2 Å². The minimum Gasteiger partial charge on any atom is -0.485 e. The molecule has 0 radical (unpaired) electrons. The van der Waals surface area contributed by atoms with Crippen LogP contribution >= 0.6 is 0 Å². The van der Waals surface area contributed by atoms with E-state index in [1.165, 1.54) is 38.4 Å². The largest absolute Gasteiger partial charge is 0.485 e. The molecule has 0 saturated carbocycles. The molecule has 2 aliphatic heterocycles. The number of ketones is 1. The fraction of sp³-hybridized carbons (Fsp3) is 0.231. The van der Waals surface area contributed by atoms with Gasteiger partial charge in [-0.3, -0.25) is 14.4 Å². The lowest BCUT2D eigenvalue weighted by Crippen LogP contribution is -2.31. The van der Waals surface area contributed by atoms with Crippen LogP contribution in [-0.2, 0) is 5.41 Å². The Bertz CT molecular complexity index is 2180. The van der Waals surface area contributed by atoms with Crippen molar-refractivity contribution in [1.29, 1.82) is 0 Å². The zero-order chi connectivity index (χ0) is 28.9. The molecule has 0 N–H and O–H groups in total. The average molecular weight is 561 g/mol. The highest BCUT2D eigenvalue weighted by molar-refractivity contribution is 6.12. The number of hydrogen-bond donors (Lipinski definition) is 0. The molecule has 0 saturated heterocycles. The zero-order valence-electron chi connectivity index (χ0n) is 24.5. The van der Waals surface area contributed by atoms with E-state index < -0.39 is 0 Å². The van der Waals surface area contributed by atoms with E-state index in [4.69, 9.17) is 9.73 Å². The number of aromatic nitrogens is 1. The van der Waals surface area contributed by atoms with Crippen LogP contribution in [0.4, 0.5) is 0 Å². The monoisotopic (exact) mass is 560 g/mol. The van der Waals surface area contributed by atoms with Crippen LogP contribution in [0.3, 0.4) is 0 Å². The first-order valence-corrected chi connectivity index (χ1v) is 15.5. The number of rotatable bonds is 2. The molecule has 5 aromatic rings. The lowest BCUT2D eigenvalue weighted by molar-refractivity contribution is 0.0947. The Labute approximate surface area is 250 Å². The highest BCUT2D eigenvalue weighted by atomic mass is 16.5. The number of allylic oxidation sites excluding steroid dienone is 1. The van der Waals surface area contributed by atoms with Crippen molar-refractivity contribution in [3.05, 3.63) is 118 Å². The van der Waals surface area contributed by atoms with Gasteiger partial charge >= 0.3 is 0 Å². The molecular weight excluding hydrogens is 528 g/mol. The Morgan fingerprint density at radius 1 is 0.837 bits per heavy atom. The fourth-order valence-electron chi connectivity index (χ4n) is 7.80. The van der Waals surface area contributed by atoms with Crippen LogP contribution in [0.25, 0.3) is 44.9 Å². The van der Waals surface area contributed by atoms with E-state index in [1.54, 1.807) is 0 Å². The molecule has 4 nitrogen and oxygen atoms in total. The molecule has 4 aliphatic rings. The van der Waals surface area contributed by atoms with Crippen LogP contribution in [0.2, 0.25) is 0 Å². The molecule has 4 heteroatoms. The highest BCUT2D eigenvalue weighted by Crippen LogP contribution is 2.49. The van der Waals surface area contributed by atoms with Gasteiger partial charge in [0.25, 0.3) is 0 Å². The molecule has 1 atom stereocenters. The van der Waals surface area contributed by atoms with E-state index in [9.17, 15) is 4.79 Å². The zero-order valence-corrected chi connectivity index (χ0v) is 24.5. The summed E-state index contributed by atoms with van der Waals surface area (Å²) in [5, 5.41) is 2.50. The summed E-state index contributed by atoms with van der Waals surface area (Å²) in [6.07, 6.45) is 8.20. The summed E-state index contributed by atoms with van der Waals surface area (Å²) in [5.41, 5.74) is 12.4. The summed E-state index contributed by atoms with van der Waals surface area (Å²) >= 11 is 0. The van der Waals surface area contributed by atoms with E-state index in [0.717, 1.165) is 60.1 Å². The Kier molecular flexibility index (Phi) is 5.15. The number of fused-ring (bicyclic) bond motifs is 8. The number of ether oxygens (including phenoxy) is 1. The lowest BCUT2D eigenvalue weighted by atomic mass is 9.82. The minimum absolute atomic E-state index is 0.0650. The van der Waals surface area contributed by atoms with Gasteiger partial charge < -0.3 is 4.74 Å². The minimum atomic E-state index is -0.112. The Morgan fingerprint density at radius 3 is 2.56 bits per heavy atom. The number of Topliss-reactive ketones (excluding diaryl/α,β-unsaturated/α-hetero) is 1. The molecule has 9 rings (SSSR count). The topological polar surface area (TPSA) is 43.6 Å². The second kappa shape index (κ2) is 8.90. The van der Waals surface area contributed by atoms with Crippen molar-refractivity contribution in [3.63, 3.8) is 0 Å². The third-order valence-electron chi connectivity index (χ3n) is 10.0. The van der Waals surface area contributed by atoms with Crippen molar-refractivity contribution in [3.8, 4) is 33.7 Å². The molecule has 2 aliphatic carbocycles. The summed E-state index contributed by atoms with van der Waals surface area (Å²) in [4.78, 5) is 18.1. The van der Waals surface area contributed by atoms with Gasteiger partial charge in [-0.05, 0) is 95.5 Å². The van der Waals surface area contributed by atoms with Crippen LogP contribution in [0.1, 0.15) is 61.0 Å². The van der Waals surface area contributed by atoms with Crippen molar-refractivity contribution in [2.75, 3.05) is 6.54 Å². The molecule has 0 bridgehead atoms. The van der Waals surface area contributed by atoms with Crippen molar-refractivity contribution in [2.45, 2.75) is 51.0 Å². The summed E-state index contributed by atoms with van der Waals surface area (Å²) < 4.78 is 8.67. The van der Waals surface area contributed by atoms with Gasteiger partial charge in [0.05, 0.1) is 11.1 Å². The van der Waals surface area contributed by atoms with Crippen LogP contribution in [0.5, 0.6) is 5.75 Å². The molecule has 1 aromatic heterocycles. The molecule has 0 spiro atoms. The molecule has 3 heterocycles. The molecule has 43 heavy (non-hydrogen) atoms. The van der Waals surface area contributed by atoms with Gasteiger partial charge in [0.15, 0.2) is 5.78 Å². The van der Waals surface area contributed by atoms with Crippen molar-refractivity contribution < 1.29 is 9.53 Å². The van der Waals surface area contributed by atoms with Gasteiger partial charge in [-0.15, -0.1) is 0 Å². The van der Waals surface area contributed by atoms with E-state index in [0.29, 0.717) is 11.3 Å². The van der Waals surface area contributed by atoms with Crippen LogP contribution < -0.4 is 15.4 Å². The summed E-state index contributed by atoms with van der Waals surface area (Å²) in [6, 6.07) is 28.4. The second-order valence-electron chi connectivity index (χ2n) is 12.8. The maximum atomic E-state index is 13.1. The van der Waals surface area contributed by atoms with Crippen LogP contribution in [0.15, 0.2) is 95.5 Å². The third kappa shape index (κ3) is 3.50. The Morgan fingerprint density at radius 2 is 1.67 bits per heavy atom. The SMILES string of the molecule is CC1(C)c2ccccc2-c2cc3c4c(n(-c5ccc(-c6ccc7c(c6)OC6CCCC=C6C7=O)cc5)c3cc21)=NCCC=4. The Balaban J connectivity index is 1.16. The summed E-state index contributed by atoms with van der Waals surface area (Å²) in [6.45, 7) is 5.48. The first-order valence-electron chi connectivity index (χ1n) is 15.5. The number of hydrogen-bond acceptors (Lipinski definition) is 3. The maximum absolute atomic E-state index is 13.1. The van der Waals surface area contributed by atoms with Crippen molar-refractivity contribution in [2.24, 2.45) is 4.99 Å².